The molecule has 0 bridgehead atoms. The number of hydrogen-bond acceptors (Lipinski definition) is 6. The van der Waals surface area contributed by atoms with Crippen LogP contribution in [0, 0.1) is 0 Å². The molecule has 0 fully saturated rings. The van der Waals surface area contributed by atoms with Gasteiger partial charge in [-0.2, -0.15) is 0 Å². The highest BCUT2D eigenvalue weighted by Crippen LogP contribution is 2.14. The van der Waals surface area contributed by atoms with Crippen LogP contribution in [0.1, 0.15) is 43.0 Å². The third kappa shape index (κ3) is 9.30. The van der Waals surface area contributed by atoms with Gasteiger partial charge < -0.3 is 20.1 Å². The van der Waals surface area contributed by atoms with Gasteiger partial charge in [0.2, 0.25) is 5.91 Å². The van der Waals surface area contributed by atoms with E-state index in [2.05, 4.69) is 26.6 Å². The first-order valence-electron chi connectivity index (χ1n) is 10.2. The Balaban J connectivity index is 1.63. The van der Waals surface area contributed by atoms with Gasteiger partial charge in [0.1, 0.15) is 0 Å². The Kier molecular flexibility index (Phi) is 10.4. The van der Waals surface area contributed by atoms with E-state index in [1.54, 1.807) is 48.5 Å². The predicted octanol–water partition coefficient (Wildman–Crippen LogP) is 4.31. The van der Waals surface area contributed by atoms with Crippen molar-refractivity contribution >= 4 is 51.1 Å². The second-order valence-electron chi connectivity index (χ2n) is 6.83. The molecular formula is C23H25BrN2O6. The fraction of sp³-hybridized carbons (Fsp3) is 0.304. The first-order valence-corrected chi connectivity index (χ1v) is 10.9. The van der Waals surface area contributed by atoms with E-state index in [1.165, 1.54) is 0 Å². The highest BCUT2D eigenvalue weighted by molar-refractivity contribution is 9.10. The minimum atomic E-state index is -0.557. The van der Waals surface area contributed by atoms with E-state index in [0.717, 1.165) is 10.9 Å². The Morgan fingerprint density at radius 2 is 1.41 bits per heavy atom. The summed E-state index contributed by atoms with van der Waals surface area (Å²) in [5, 5.41) is 5.31. The van der Waals surface area contributed by atoms with E-state index in [4.69, 9.17) is 9.47 Å². The third-order valence-electron chi connectivity index (χ3n) is 4.12. The van der Waals surface area contributed by atoms with E-state index in [1.807, 2.05) is 6.92 Å². The van der Waals surface area contributed by atoms with Crippen molar-refractivity contribution in [2.24, 2.45) is 0 Å². The molecule has 2 rings (SSSR count). The molecule has 2 aromatic carbocycles. The maximum Gasteiger partial charge on any atom is 0.338 e. The number of esters is 2. The fourth-order valence-electron chi connectivity index (χ4n) is 2.53. The van der Waals surface area contributed by atoms with Gasteiger partial charge in [-0.25, -0.2) is 4.79 Å². The quantitative estimate of drug-likeness (QED) is 0.441. The number of nitrogens with one attached hydrogen (secondary N) is 2. The van der Waals surface area contributed by atoms with Crippen molar-refractivity contribution in [1.82, 2.24) is 0 Å². The number of carbonyl (C=O) groups is 4. The largest absolute Gasteiger partial charge is 0.462 e. The number of benzene rings is 2. The molecule has 0 heterocycles. The van der Waals surface area contributed by atoms with Crippen molar-refractivity contribution < 1.29 is 28.7 Å². The number of halogens is 1. The lowest BCUT2D eigenvalue weighted by molar-refractivity contribution is -0.147. The van der Waals surface area contributed by atoms with Crippen LogP contribution >= 0.6 is 15.9 Å². The van der Waals surface area contributed by atoms with Crippen LogP contribution in [-0.4, -0.2) is 37.0 Å². The van der Waals surface area contributed by atoms with Crippen molar-refractivity contribution in [3.8, 4) is 0 Å². The topological polar surface area (TPSA) is 111 Å². The van der Waals surface area contributed by atoms with Crippen LogP contribution in [0.3, 0.4) is 0 Å². The average Bonchev–Trinajstić information content (AvgIpc) is 2.78. The third-order valence-corrected chi connectivity index (χ3v) is 4.65. The number of anilines is 2. The maximum absolute atomic E-state index is 12.0. The highest BCUT2D eigenvalue weighted by atomic mass is 79.9. The van der Waals surface area contributed by atoms with Crippen molar-refractivity contribution in [1.29, 1.82) is 0 Å². The zero-order valence-electron chi connectivity index (χ0n) is 17.7. The van der Waals surface area contributed by atoms with Gasteiger partial charge in [-0.1, -0.05) is 22.9 Å². The Labute approximate surface area is 194 Å². The molecule has 0 radical (unpaired) electrons. The molecule has 0 aromatic heterocycles. The minimum absolute atomic E-state index is 0.0151. The number of rotatable bonds is 11. The van der Waals surface area contributed by atoms with Gasteiger partial charge in [-0.3, -0.25) is 14.4 Å². The van der Waals surface area contributed by atoms with Crippen molar-refractivity contribution in [3.63, 3.8) is 0 Å². The average molecular weight is 505 g/mol. The summed E-state index contributed by atoms with van der Waals surface area (Å²) in [6, 6.07) is 13.4. The van der Waals surface area contributed by atoms with E-state index in [-0.39, 0.29) is 25.2 Å². The van der Waals surface area contributed by atoms with Crippen molar-refractivity contribution in [2.45, 2.75) is 32.6 Å². The van der Waals surface area contributed by atoms with Crippen LogP contribution in [0.15, 0.2) is 53.0 Å². The summed E-state index contributed by atoms with van der Waals surface area (Å²) in [4.78, 5) is 47.4. The SMILES string of the molecule is CCCOC(=O)c1ccc(NC(=O)CCCC(=O)OCC(=O)Nc2ccc(Br)cc2)cc1. The van der Waals surface area contributed by atoms with Gasteiger partial charge in [0.05, 0.1) is 12.2 Å². The van der Waals surface area contributed by atoms with E-state index in [9.17, 15) is 19.2 Å². The second kappa shape index (κ2) is 13.3. The molecule has 2 aromatic rings. The minimum Gasteiger partial charge on any atom is -0.462 e. The monoisotopic (exact) mass is 504 g/mol. The smallest absolute Gasteiger partial charge is 0.338 e. The molecule has 32 heavy (non-hydrogen) atoms. The van der Waals surface area contributed by atoms with Crippen molar-refractivity contribution in [3.05, 3.63) is 58.6 Å². The number of carbonyl (C=O) groups excluding carboxylic acids is 4. The number of hydrogen-bond donors (Lipinski definition) is 2. The molecule has 0 atom stereocenters. The zero-order valence-corrected chi connectivity index (χ0v) is 19.3. The first kappa shape index (κ1) is 25.1. The molecule has 170 valence electrons. The first-order chi connectivity index (χ1) is 15.4. The van der Waals surface area contributed by atoms with Gasteiger partial charge in [-0.15, -0.1) is 0 Å². The normalized spacial score (nSPS) is 10.2. The summed E-state index contributed by atoms with van der Waals surface area (Å²) in [6.45, 7) is 1.87. The number of ether oxygens (including phenoxy) is 2. The molecule has 0 saturated heterocycles. The van der Waals surface area contributed by atoms with Crippen LogP contribution in [0.4, 0.5) is 11.4 Å². The summed E-state index contributed by atoms with van der Waals surface area (Å²) in [7, 11) is 0. The van der Waals surface area contributed by atoms with Crippen LogP contribution in [0.2, 0.25) is 0 Å². The highest BCUT2D eigenvalue weighted by Gasteiger charge is 2.11. The molecule has 2 N–H and O–H groups in total. The molecule has 0 aliphatic rings. The van der Waals surface area contributed by atoms with E-state index < -0.39 is 24.5 Å². The van der Waals surface area contributed by atoms with Crippen LogP contribution < -0.4 is 10.6 Å². The van der Waals surface area contributed by atoms with E-state index in [0.29, 0.717) is 23.5 Å². The summed E-state index contributed by atoms with van der Waals surface area (Å²) < 4.78 is 10.9. The second-order valence-corrected chi connectivity index (χ2v) is 7.75. The maximum atomic E-state index is 12.0. The van der Waals surface area contributed by atoms with Gasteiger partial charge >= 0.3 is 11.9 Å². The van der Waals surface area contributed by atoms with Crippen LogP contribution in [0.25, 0.3) is 0 Å². The lowest BCUT2D eigenvalue weighted by Gasteiger charge is -2.08. The molecule has 0 aliphatic carbocycles. The fourth-order valence-corrected chi connectivity index (χ4v) is 2.80. The predicted molar refractivity (Wildman–Crippen MR) is 123 cm³/mol. The molecule has 9 heteroatoms. The van der Waals surface area contributed by atoms with E-state index >= 15 is 0 Å². The summed E-state index contributed by atoms with van der Waals surface area (Å²) in [5.74, 6) is -1.68. The van der Waals surface area contributed by atoms with Gasteiger partial charge in [0.15, 0.2) is 6.61 Å². The van der Waals surface area contributed by atoms with Gasteiger partial charge in [0.25, 0.3) is 5.91 Å². The lowest BCUT2D eigenvalue weighted by Crippen LogP contribution is -2.21. The Morgan fingerprint density at radius 3 is 2.03 bits per heavy atom. The van der Waals surface area contributed by atoms with Gasteiger partial charge in [0, 0.05) is 28.7 Å². The van der Waals surface area contributed by atoms with Crippen LogP contribution in [0.5, 0.6) is 0 Å². The van der Waals surface area contributed by atoms with Crippen molar-refractivity contribution in [2.75, 3.05) is 23.8 Å². The standard InChI is InChI=1S/C23H25BrN2O6/c1-2-14-31-23(30)16-6-10-18(11-7-16)25-20(27)4-3-5-22(29)32-15-21(28)26-19-12-8-17(24)9-13-19/h6-13H,2-5,14-15H2,1H3,(H,25,27)(H,26,28). The summed E-state index contributed by atoms with van der Waals surface area (Å²) >= 11 is 3.30. The lowest BCUT2D eigenvalue weighted by atomic mass is 10.2. The Bertz CT molecular complexity index is 929. The number of amides is 2. The molecular weight excluding hydrogens is 480 g/mol. The molecule has 0 spiro atoms. The molecule has 0 saturated carbocycles. The molecule has 0 aliphatic heterocycles. The zero-order chi connectivity index (χ0) is 23.3. The Hall–Kier alpha value is -3.20. The van der Waals surface area contributed by atoms with Crippen LogP contribution in [-0.2, 0) is 23.9 Å². The Morgan fingerprint density at radius 1 is 0.812 bits per heavy atom. The molecule has 8 nitrogen and oxygen atoms in total. The molecule has 0 unspecified atom stereocenters. The summed E-state index contributed by atoms with van der Waals surface area (Å²) in [6.07, 6.45) is 1.15. The molecule has 2 amide bonds. The summed E-state index contributed by atoms with van der Waals surface area (Å²) in [5.41, 5.74) is 1.54. The van der Waals surface area contributed by atoms with Gasteiger partial charge in [-0.05, 0) is 61.4 Å².